The molecule has 0 aromatic heterocycles. The maximum absolute atomic E-state index is 11.2. The molecule has 0 amide bonds. The van der Waals surface area contributed by atoms with E-state index in [1.165, 1.54) is 5.56 Å². The summed E-state index contributed by atoms with van der Waals surface area (Å²) in [6, 6.07) is 20.4. The number of phenols is 1. The molecule has 0 aliphatic carbocycles. The normalized spacial score (nSPS) is 17.1. The van der Waals surface area contributed by atoms with E-state index in [-0.39, 0.29) is 6.04 Å². The fourth-order valence-corrected chi connectivity index (χ4v) is 4.03. The molecule has 0 unspecified atom stereocenters. The summed E-state index contributed by atoms with van der Waals surface area (Å²) in [6.07, 6.45) is 0. The number of fused-ring (bicyclic) bond motifs is 1. The molecule has 4 nitrogen and oxygen atoms in total. The second-order valence-electron chi connectivity index (χ2n) is 7.21. The van der Waals surface area contributed by atoms with Crippen LogP contribution in [0.5, 0.6) is 11.5 Å². The van der Waals surface area contributed by atoms with E-state index in [2.05, 4.69) is 53.2 Å². The molecule has 4 rings (SSSR count). The van der Waals surface area contributed by atoms with E-state index in [1.807, 2.05) is 24.3 Å². The van der Waals surface area contributed by atoms with Crippen molar-refractivity contribution >= 4 is 10.8 Å². The van der Waals surface area contributed by atoms with Crippen molar-refractivity contribution in [3.8, 4) is 11.5 Å². The molecule has 3 aromatic rings. The summed E-state index contributed by atoms with van der Waals surface area (Å²) in [5.41, 5.74) is 2.16. The molecule has 0 saturated carbocycles. The van der Waals surface area contributed by atoms with Crippen molar-refractivity contribution in [1.29, 1.82) is 0 Å². The molecule has 140 valence electrons. The number of nitrogens with zero attached hydrogens (tertiary/aromatic N) is 2. The fraction of sp³-hybridized carbons (Fsp3) is 0.304. The van der Waals surface area contributed by atoms with E-state index in [0.29, 0.717) is 5.75 Å². The maximum Gasteiger partial charge on any atom is 0.128 e. The molecule has 1 heterocycles. The Balaban J connectivity index is 1.84. The van der Waals surface area contributed by atoms with Gasteiger partial charge in [0, 0.05) is 42.5 Å². The Morgan fingerprint density at radius 1 is 0.852 bits per heavy atom. The SMILES string of the molecule is COc1cccc2c(O)c([C@@H](c3ccccc3)N3CCN(C)CC3)ccc12. The van der Waals surface area contributed by atoms with Gasteiger partial charge in [-0.15, -0.1) is 0 Å². The highest BCUT2D eigenvalue weighted by Gasteiger charge is 2.28. The van der Waals surface area contributed by atoms with Crippen LogP contribution >= 0.6 is 0 Å². The Kier molecular flexibility index (Phi) is 5.01. The topological polar surface area (TPSA) is 35.9 Å². The second-order valence-corrected chi connectivity index (χ2v) is 7.21. The van der Waals surface area contributed by atoms with Crippen LogP contribution in [-0.2, 0) is 0 Å². The van der Waals surface area contributed by atoms with E-state index in [1.54, 1.807) is 7.11 Å². The van der Waals surface area contributed by atoms with E-state index in [0.717, 1.165) is 48.3 Å². The minimum atomic E-state index is 0.0375. The van der Waals surface area contributed by atoms with Gasteiger partial charge in [0.1, 0.15) is 11.5 Å². The summed E-state index contributed by atoms with van der Waals surface area (Å²) in [5, 5.41) is 13.0. The van der Waals surface area contributed by atoms with Gasteiger partial charge in [0.2, 0.25) is 0 Å². The molecule has 0 bridgehead atoms. The molecule has 1 atom stereocenters. The van der Waals surface area contributed by atoms with Crippen LogP contribution in [0.2, 0.25) is 0 Å². The predicted molar refractivity (Wildman–Crippen MR) is 110 cm³/mol. The Hall–Kier alpha value is -2.56. The van der Waals surface area contributed by atoms with E-state index < -0.39 is 0 Å². The molecular weight excluding hydrogens is 336 g/mol. The number of methoxy groups -OCH3 is 1. The lowest BCUT2D eigenvalue weighted by atomic mass is 9.93. The van der Waals surface area contributed by atoms with Crippen LogP contribution in [0.4, 0.5) is 0 Å². The van der Waals surface area contributed by atoms with Crippen LogP contribution in [0.15, 0.2) is 60.7 Å². The quantitative estimate of drug-likeness (QED) is 0.764. The van der Waals surface area contributed by atoms with Gasteiger partial charge in [-0.25, -0.2) is 0 Å². The molecule has 1 saturated heterocycles. The lowest BCUT2D eigenvalue weighted by Gasteiger charge is -2.38. The fourth-order valence-electron chi connectivity index (χ4n) is 4.03. The van der Waals surface area contributed by atoms with Crippen molar-refractivity contribution in [3.05, 3.63) is 71.8 Å². The van der Waals surface area contributed by atoms with Gasteiger partial charge in [0.05, 0.1) is 13.2 Å². The highest BCUT2D eigenvalue weighted by molar-refractivity contribution is 5.94. The van der Waals surface area contributed by atoms with Crippen molar-refractivity contribution in [2.24, 2.45) is 0 Å². The third-order valence-electron chi connectivity index (χ3n) is 5.56. The molecule has 1 aliphatic rings. The monoisotopic (exact) mass is 362 g/mol. The van der Waals surface area contributed by atoms with Crippen molar-refractivity contribution in [2.75, 3.05) is 40.3 Å². The number of likely N-dealkylation sites (N-methyl/N-ethyl adjacent to an activating group) is 1. The van der Waals surface area contributed by atoms with Gasteiger partial charge in [0.25, 0.3) is 0 Å². The van der Waals surface area contributed by atoms with E-state index in [9.17, 15) is 5.11 Å². The first kappa shape index (κ1) is 17.8. The number of rotatable bonds is 4. The molecule has 0 spiro atoms. The number of piperazine rings is 1. The second kappa shape index (κ2) is 7.59. The van der Waals surface area contributed by atoms with Crippen LogP contribution in [0.1, 0.15) is 17.2 Å². The van der Waals surface area contributed by atoms with E-state index in [4.69, 9.17) is 4.74 Å². The Bertz CT molecular complexity index is 918. The average Bonchev–Trinajstić information content (AvgIpc) is 2.72. The zero-order chi connectivity index (χ0) is 18.8. The number of benzene rings is 3. The van der Waals surface area contributed by atoms with Crippen LogP contribution in [0, 0.1) is 0 Å². The molecule has 1 N–H and O–H groups in total. The van der Waals surface area contributed by atoms with Gasteiger partial charge >= 0.3 is 0 Å². The van der Waals surface area contributed by atoms with Gasteiger partial charge < -0.3 is 14.7 Å². The van der Waals surface area contributed by atoms with Gasteiger partial charge in [-0.05, 0) is 18.7 Å². The minimum Gasteiger partial charge on any atom is -0.507 e. The highest BCUT2D eigenvalue weighted by atomic mass is 16.5. The highest BCUT2D eigenvalue weighted by Crippen LogP contribution is 2.40. The van der Waals surface area contributed by atoms with Gasteiger partial charge in [-0.1, -0.05) is 54.6 Å². The third kappa shape index (κ3) is 3.38. The molecule has 1 fully saturated rings. The molecule has 4 heteroatoms. The largest absolute Gasteiger partial charge is 0.507 e. The number of hydrogen-bond donors (Lipinski definition) is 1. The summed E-state index contributed by atoms with van der Waals surface area (Å²) >= 11 is 0. The number of ether oxygens (including phenoxy) is 1. The smallest absolute Gasteiger partial charge is 0.128 e. The maximum atomic E-state index is 11.2. The molecule has 3 aromatic carbocycles. The predicted octanol–water partition coefficient (Wildman–Crippen LogP) is 3.89. The van der Waals surface area contributed by atoms with E-state index >= 15 is 0 Å². The van der Waals surface area contributed by atoms with Gasteiger partial charge in [0.15, 0.2) is 0 Å². The molecule has 1 aliphatic heterocycles. The first-order valence-corrected chi connectivity index (χ1v) is 9.45. The Morgan fingerprint density at radius 2 is 1.59 bits per heavy atom. The van der Waals surface area contributed by atoms with Crippen LogP contribution < -0.4 is 4.74 Å². The van der Waals surface area contributed by atoms with Crippen LogP contribution in [0.3, 0.4) is 0 Å². The summed E-state index contributed by atoms with van der Waals surface area (Å²) in [4.78, 5) is 4.82. The lowest BCUT2D eigenvalue weighted by molar-refractivity contribution is 0.126. The van der Waals surface area contributed by atoms with Crippen LogP contribution in [-0.4, -0.2) is 55.2 Å². The summed E-state index contributed by atoms with van der Waals surface area (Å²) in [5.74, 6) is 1.13. The zero-order valence-corrected chi connectivity index (χ0v) is 15.9. The number of phenolic OH excluding ortho intramolecular Hbond substituents is 1. The summed E-state index contributed by atoms with van der Waals surface area (Å²) in [7, 11) is 3.82. The molecular formula is C23H26N2O2. The van der Waals surface area contributed by atoms with Crippen molar-refractivity contribution in [3.63, 3.8) is 0 Å². The summed E-state index contributed by atoms with van der Waals surface area (Å²) in [6.45, 7) is 4.02. The number of hydrogen-bond acceptors (Lipinski definition) is 4. The molecule has 27 heavy (non-hydrogen) atoms. The standard InChI is InChI=1S/C23H26N2O2/c1-24-13-15-25(16-14-24)22(17-7-4-3-5-8-17)20-12-11-18-19(23(20)26)9-6-10-21(18)27-2/h3-12,22,26H,13-16H2,1-2H3/t22-/m1/s1. The molecule has 0 radical (unpaired) electrons. The van der Waals surface area contributed by atoms with Gasteiger partial charge in [-0.2, -0.15) is 0 Å². The van der Waals surface area contributed by atoms with Crippen molar-refractivity contribution in [1.82, 2.24) is 9.80 Å². The van der Waals surface area contributed by atoms with Crippen LogP contribution in [0.25, 0.3) is 10.8 Å². The van der Waals surface area contributed by atoms with Gasteiger partial charge in [-0.3, -0.25) is 4.90 Å². The lowest BCUT2D eigenvalue weighted by Crippen LogP contribution is -2.46. The Morgan fingerprint density at radius 3 is 2.30 bits per heavy atom. The average molecular weight is 362 g/mol. The van der Waals surface area contributed by atoms with Crippen molar-refractivity contribution in [2.45, 2.75) is 6.04 Å². The zero-order valence-electron chi connectivity index (χ0n) is 15.9. The third-order valence-corrected chi connectivity index (χ3v) is 5.56. The Labute approximate surface area is 160 Å². The minimum absolute atomic E-state index is 0.0375. The van der Waals surface area contributed by atoms with Crippen molar-refractivity contribution < 1.29 is 9.84 Å². The first-order chi connectivity index (χ1) is 13.2. The number of aromatic hydroxyl groups is 1. The first-order valence-electron chi connectivity index (χ1n) is 9.45. The summed E-state index contributed by atoms with van der Waals surface area (Å²) < 4.78 is 5.47.